The van der Waals surface area contributed by atoms with Crippen molar-refractivity contribution < 1.29 is 9.18 Å². The van der Waals surface area contributed by atoms with Gasteiger partial charge in [-0.05, 0) is 69.2 Å². The van der Waals surface area contributed by atoms with Crippen LogP contribution >= 0.6 is 0 Å². The van der Waals surface area contributed by atoms with Gasteiger partial charge in [0.2, 0.25) is 0 Å². The van der Waals surface area contributed by atoms with E-state index in [1.807, 2.05) is 24.8 Å². The summed E-state index contributed by atoms with van der Waals surface area (Å²) in [6, 6.07) is 8.53. The Labute approximate surface area is 148 Å². The summed E-state index contributed by atoms with van der Waals surface area (Å²) < 4.78 is 13.3. The van der Waals surface area contributed by atoms with Crippen molar-refractivity contribution in [1.29, 1.82) is 0 Å². The smallest absolute Gasteiger partial charge is 0.272 e. The van der Waals surface area contributed by atoms with E-state index in [9.17, 15) is 9.18 Å². The van der Waals surface area contributed by atoms with E-state index >= 15 is 0 Å². The molecule has 1 atom stereocenters. The Morgan fingerprint density at radius 3 is 2.88 bits per heavy atom. The quantitative estimate of drug-likeness (QED) is 0.851. The first-order valence-corrected chi connectivity index (χ1v) is 8.87. The molecule has 0 aliphatic carbocycles. The van der Waals surface area contributed by atoms with Crippen molar-refractivity contribution in [2.24, 2.45) is 5.92 Å². The molecule has 5 heteroatoms. The summed E-state index contributed by atoms with van der Waals surface area (Å²) in [4.78, 5) is 23.2. The summed E-state index contributed by atoms with van der Waals surface area (Å²) >= 11 is 0. The first-order chi connectivity index (χ1) is 12.0. The fourth-order valence-electron chi connectivity index (χ4n) is 3.54. The monoisotopic (exact) mass is 341 g/mol. The Morgan fingerprint density at radius 2 is 2.12 bits per heavy atom. The minimum atomic E-state index is -0.188. The SMILES string of the molecule is Cc1cc(C(=O)N2CCC[C@H](CCc3cccc(F)c3)C2)nc(C)n1. The van der Waals surface area contributed by atoms with Crippen LogP contribution < -0.4 is 0 Å². The predicted octanol–water partition coefficient (Wildman–Crippen LogP) is 3.72. The molecule has 3 rings (SSSR count). The minimum absolute atomic E-state index is 0.0101. The number of aryl methyl sites for hydroxylation is 3. The summed E-state index contributed by atoms with van der Waals surface area (Å²) in [5.74, 6) is 0.879. The number of piperidine rings is 1. The molecule has 0 radical (unpaired) electrons. The molecule has 1 aromatic carbocycles. The molecule has 0 spiro atoms. The normalized spacial score (nSPS) is 17.6. The van der Waals surface area contributed by atoms with Gasteiger partial charge in [0.05, 0.1) is 0 Å². The van der Waals surface area contributed by atoms with Gasteiger partial charge in [-0.2, -0.15) is 0 Å². The van der Waals surface area contributed by atoms with E-state index in [1.165, 1.54) is 6.07 Å². The number of halogens is 1. The zero-order valence-electron chi connectivity index (χ0n) is 14.8. The summed E-state index contributed by atoms with van der Waals surface area (Å²) in [7, 11) is 0. The van der Waals surface area contributed by atoms with Crippen LogP contribution in [0.2, 0.25) is 0 Å². The Kier molecular flexibility index (Phi) is 5.41. The highest BCUT2D eigenvalue weighted by Crippen LogP contribution is 2.23. The summed E-state index contributed by atoms with van der Waals surface area (Å²) in [6.45, 7) is 5.21. The molecule has 132 valence electrons. The number of nitrogens with zero attached hydrogens (tertiary/aromatic N) is 3. The van der Waals surface area contributed by atoms with Gasteiger partial charge in [0.1, 0.15) is 17.3 Å². The van der Waals surface area contributed by atoms with Gasteiger partial charge in [-0.1, -0.05) is 12.1 Å². The van der Waals surface area contributed by atoms with Crippen molar-refractivity contribution in [2.75, 3.05) is 13.1 Å². The Morgan fingerprint density at radius 1 is 1.28 bits per heavy atom. The number of hydrogen-bond acceptors (Lipinski definition) is 3. The Hall–Kier alpha value is -2.30. The summed E-state index contributed by atoms with van der Waals surface area (Å²) in [5, 5.41) is 0. The van der Waals surface area contributed by atoms with E-state index in [4.69, 9.17) is 0 Å². The number of aromatic nitrogens is 2. The zero-order chi connectivity index (χ0) is 17.8. The maximum absolute atomic E-state index is 13.3. The largest absolute Gasteiger partial charge is 0.337 e. The van der Waals surface area contributed by atoms with Crippen molar-refractivity contribution >= 4 is 5.91 Å². The van der Waals surface area contributed by atoms with E-state index in [-0.39, 0.29) is 11.7 Å². The molecule has 2 heterocycles. The van der Waals surface area contributed by atoms with Crippen molar-refractivity contribution in [3.05, 3.63) is 58.9 Å². The molecule has 1 aliphatic heterocycles. The highest BCUT2D eigenvalue weighted by molar-refractivity contribution is 5.92. The number of amides is 1. The molecule has 1 amide bonds. The van der Waals surface area contributed by atoms with Crippen molar-refractivity contribution in [1.82, 2.24) is 14.9 Å². The van der Waals surface area contributed by atoms with Crippen LogP contribution in [-0.4, -0.2) is 33.9 Å². The molecule has 0 N–H and O–H groups in total. The second kappa shape index (κ2) is 7.72. The van der Waals surface area contributed by atoms with Crippen LogP contribution in [0.25, 0.3) is 0 Å². The fraction of sp³-hybridized carbons (Fsp3) is 0.450. The molecule has 0 unspecified atom stereocenters. The molecule has 2 aromatic rings. The van der Waals surface area contributed by atoms with Gasteiger partial charge in [-0.3, -0.25) is 4.79 Å². The lowest BCUT2D eigenvalue weighted by Crippen LogP contribution is -2.40. The Balaban J connectivity index is 1.61. The molecule has 0 bridgehead atoms. The average Bonchev–Trinajstić information content (AvgIpc) is 2.59. The average molecular weight is 341 g/mol. The molecule has 1 fully saturated rings. The molecule has 1 saturated heterocycles. The molecule has 25 heavy (non-hydrogen) atoms. The highest BCUT2D eigenvalue weighted by Gasteiger charge is 2.25. The second-order valence-electron chi connectivity index (χ2n) is 6.87. The van der Waals surface area contributed by atoms with Gasteiger partial charge in [0.25, 0.3) is 5.91 Å². The Bertz CT molecular complexity index is 742. The fourth-order valence-corrected chi connectivity index (χ4v) is 3.54. The van der Waals surface area contributed by atoms with Gasteiger partial charge < -0.3 is 4.90 Å². The topological polar surface area (TPSA) is 46.1 Å². The third-order valence-corrected chi connectivity index (χ3v) is 4.72. The van der Waals surface area contributed by atoms with E-state index in [2.05, 4.69) is 9.97 Å². The van der Waals surface area contributed by atoms with Crippen molar-refractivity contribution in [2.45, 2.75) is 39.5 Å². The number of rotatable bonds is 4. The second-order valence-corrected chi connectivity index (χ2v) is 6.87. The molecule has 0 saturated carbocycles. The molecular formula is C20H24FN3O. The lowest BCUT2D eigenvalue weighted by molar-refractivity contribution is 0.0662. The van der Waals surface area contributed by atoms with Crippen LogP contribution in [0.4, 0.5) is 4.39 Å². The number of benzene rings is 1. The van der Waals surface area contributed by atoms with Gasteiger partial charge in [0.15, 0.2) is 0 Å². The number of carbonyl (C=O) groups is 1. The van der Waals surface area contributed by atoms with Gasteiger partial charge >= 0.3 is 0 Å². The van der Waals surface area contributed by atoms with Crippen LogP contribution in [0.3, 0.4) is 0 Å². The van der Waals surface area contributed by atoms with Crippen LogP contribution in [0.1, 0.15) is 46.8 Å². The third-order valence-electron chi connectivity index (χ3n) is 4.72. The summed E-state index contributed by atoms with van der Waals surface area (Å²) in [5.41, 5.74) is 2.32. The first-order valence-electron chi connectivity index (χ1n) is 8.87. The van der Waals surface area contributed by atoms with Crippen LogP contribution in [0, 0.1) is 25.6 Å². The predicted molar refractivity (Wildman–Crippen MR) is 94.9 cm³/mol. The third kappa shape index (κ3) is 4.62. The standard InChI is InChI=1S/C20H24FN3O/c1-14-11-19(23-15(2)22-14)20(25)24-10-4-6-17(13-24)9-8-16-5-3-7-18(21)12-16/h3,5,7,11-12,17H,4,6,8-10,13H2,1-2H3/t17-/m1/s1. The first kappa shape index (κ1) is 17.5. The van der Waals surface area contributed by atoms with Crippen molar-refractivity contribution in [3.8, 4) is 0 Å². The molecular weight excluding hydrogens is 317 g/mol. The molecule has 1 aliphatic rings. The van der Waals surface area contributed by atoms with Gasteiger partial charge in [-0.15, -0.1) is 0 Å². The van der Waals surface area contributed by atoms with Crippen LogP contribution in [0.5, 0.6) is 0 Å². The van der Waals surface area contributed by atoms with Crippen LogP contribution in [-0.2, 0) is 6.42 Å². The number of likely N-dealkylation sites (tertiary alicyclic amines) is 1. The van der Waals surface area contributed by atoms with E-state index < -0.39 is 0 Å². The molecule has 4 nitrogen and oxygen atoms in total. The number of hydrogen-bond donors (Lipinski definition) is 0. The molecule has 1 aromatic heterocycles. The maximum atomic E-state index is 13.3. The highest BCUT2D eigenvalue weighted by atomic mass is 19.1. The minimum Gasteiger partial charge on any atom is -0.337 e. The van der Waals surface area contributed by atoms with Gasteiger partial charge in [-0.25, -0.2) is 14.4 Å². The number of carbonyl (C=O) groups excluding carboxylic acids is 1. The zero-order valence-corrected chi connectivity index (χ0v) is 14.8. The van der Waals surface area contributed by atoms with Crippen LogP contribution in [0.15, 0.2) is 30.3 Å². The maximum Gasteiger partial charge on any atom is 0.272 e. The van der Waals surface area contributed by atoms with E-state index in [1.54, 1.807) is 18.2 Å². The van der Waals surface area contributed by atoms with E-state index in [0.717, 1.165) is 50.0 Å². The van der Waals surface area contributed by atoms with E-state index in [0.29, 0.717) is 17.4 Å². The lowest BCUT2D eigenvalue weighted by Gasteiger charge is -2.32. The van der Waals surface area contributed by atoms with Crippen molar-refractivity contribution in [3.63, 3.8) is 0 Å². The lowest BCUT2D eigenvalue weighted by atomic mass is 9.91. The summed E-state index contributed by atoms with van der Waals surface area (Å²) in [6.07, 6.45) is 3.93. The van der Waals surface area contributed by atoms with Gasteiger partial charge in [0, 0.05) is 18.8 Å².